The number of thiazole rings is 1. The molecule has 4 nitrogen and oxygen atoms in total. The topological polar surface area (TPSA) is 62.5 Å². The lowest BCUT2D eigenvalue weighted by Crippen LogP contribution is -2.30. The number of fused-ring (bicyclic) bond motifs is 1. The molecule has 1 N–H and O–H groups in total. The number of aromatic nitrogens is 1. The number of alkyl halides is 3. The highest BCUT2D eigenvalue weighted by Crippen LogP contribution is 2.45. The van der Waals surface area contributed by atoms with Gasteiger partial charge in [-0.3, -0.25) is 9.79 Å². The molecule has 1 aromatic rings. The van der Waals surface area contributed by atoms with Crippen LogP contribution in [0.15, 0.2) is 52.6 Å². The van der Waals surface area contributed by atoms with Gasteiger partial charge in [0.15, 0.2) is 0 Å². The van der Waals surface area contributed by atoms with Crippen LogP contribution in [0.1, 0.15) is 41.8 Å². The van der Waals surface area contributed by atoms with Crippen molar-refractivity contribution in [1.82, 2.24) is 4.98 Å². The molecule has 4 rings (SSSR count). The van der Waals surface area contributed by atoms with Crippen molar-refractivity contribution in [2.75, 3.05) is 0 Å². The SMILES string of the molecule is Cc1nc(C2C=CC(C(F)(F)F)=CC2C)sc1CC1=NC2C=CC(CC(=O)O)=CC2(C)S1. The molecule has 0 fully saturated rings. The van der Waals surface area contributed by atoms with Crippen LogP contribution in [0.5, 0.6) is 0 Å². The van der Waals surface area contributed by atoms with E-state index in [1.807, 2.05) is 25.2 Å². The van der Waals surface area contributed by atoms with Gasteiger partial charge in [-0.25, -0.2) is 4.98 Å². The van der Waals surface area contributed by atoms with Crippen molar-refractivity contribution in [3.8, 4) is 0 Å². The number of hydrogen-bond acceptors (Lipinski definition) is 5. The number of carbonyl (C=O) groups is 1. The lowest BCUT2D eigenvalue weighted by atomic mass is 9.87. The van der Waals surface area contributed by atoms with Gasteiger partial charge in [-0.05, 0) is 25.3 Å². The van der Waals surface area contributed by atoms with Gasteiger partial charge < -0.3 is 5.11 Å². The minimum Gasteiger partial charge on any atom is -0.481 e. The predicted octanol–water partition coefficient (Wildman–Crippen LogP) is 6.02. The largest absolute Gasteiger partial charge is 0.481 e. The van der Waals surface area contributed by atoms with Crippen LogP contribution >= 0.6 is 23.1 Å². The normalized spacial score (nSPS) is 29.4. The Bertz CT molecular complexity index is 1100. The number of halogens is 3. The van der Waals surface area contributed by atoms with Crippen molar-refractivity contribution in [3.05, 3.63) is 63.2 Å². The third kappa shape index (κ3) is 4.64. The smallest absolute Gasteiger partial charge is 0.416 e. The Morgan fingerprint density at radius 1 is 1.28 bits per heavy atom. The van der Waals surface area contributed by atoms with Crippen LogP contribution in [-0.2, 0) is 11.2 Å². The summed E-state index contributed by atoms with van der Waals surface area (Å²) < 4.78 is 38.7. The molecule has 0 amide bonds. The van der Waals surface area contributed by atoms with Gasteiger partial charge in [0.2, 0.25) is 0 Å². The zero-order valence-corrected chi connectivity index (χ0v) is 19.4. The molecule has 0 bridgehead atoms. The van der Waals surface area contributed by atoms with Crippen LogP contribution in [0.2, 0.25) is 0 Å². The van der Waals surface area contributed by atoms with Gasteiger partial charge in [-0.2, -0.15) is 13.2 Å². The number of hydrogen-bond donors (Lipinski definition) is 1. The fourth-order valence-corrected chi connectivity index (χ4v) is 6.90. The lowest BCUT2D eigenvalue weighted by Gasteiger charge is -2.27. The van der Waals surface area contributed by atoms with E-state index in [1.54, 1.807) is 24.8 Å². The summed E-state index contributed by atoms with van der Waals surface area (Å²) in [7, 11) is 0. The third-order valence-corrected chi connectivity index (χ3v) is 8.40. The summed E-state index contributed by atoms with van der Waals surface area (Å²) in [4.78, 5) is 21.6. The van der Waals surface area contributed by atoms with Gasteiger partial charge in [0.05, 0.1) is 33.5 Å². The zero-order chi connectivity index (χ0) is 23.3. The zero-order valence-electron chi connectivity index (χ0n) is 17.8. The summed E-state index contributed by atoms with van der Waals surface area (Å²) in [6.45, 7) is 5.77. The quantitative estimate of drug-likeness (QED) is 0.560. The van der Waals surface area contributed by atoms with Gasteiger partial charge in [0.25, 0.3) is 0 Å². The minimum atomic E-state index is -4.34. The monoisotopic (exact) mass is 480 g/mol. The fraction of sp³-hybridized carbons (Fsp3) is 0.435. The minimum absolute atomic E-state index is 0.0103. The average molecular weight is 481 g/mol. The number of carboxylic acids is 1. The molecule has 0 radical (unpaired) electrons. The molecular weight excluding hydrogens is 457 g/mol. The summed E-state index contributed by atoms with van der Waals surface area (Å²) in [6.07, 6.45) is 6.09. The van der Waals surface area contributed by atoms with E-state index in [1.165, 1.54) is 17.4 Å². The van der Waals surface area contributed by atoms with Gasteiger partial charge in [0.1, 0.15) is 5.01 Å². The van der Waals surface area contributed by atoms with E-state index < -0.39 is 17.7 Å². The first kappa shape index (κ1) is 23.0. The number of nitrogens with zero attached hydrogens (tertiary/aromatic N) is 2. The maximum absolute atomic E-state index is 13.0. The average Bonchev–Trinajstić information content (AvgIpc) is 3.19. The van der Waals surface area contributed by atoms with E-state index >= 15 is 0 Å². The fourth-order valence-electron chi connectivity index (χ4n) is 4.19. The Labute approximate surface area is 192 Å². The van der Waals surface area contributed by atoms with E-state index in [0.29, 0.717) is 6.42 Å². The van der Waals surface area contributed by atoms with Gasteiger partial charge in [-0.15, -0.1) is 11.3 Å². The third-order valence-electron chi connectivity index (χ3n) is 5.85. The van der Waals surface area contributed by atoms with E-state index in [4.69, 9.17) is 10.1 Å². The van der Waals surface area contributed by atoms with Gasteiger partial charge in [-0.1, -0.05) is 55.1 Å². The highest BCUT2D eigenvalue weighted by atomic mass is 32.2. The molecule has 32 heavy (non-hydrogen) atoms. The number of rotatable bonds is 5. The molecule has 1 aromatic heterocycles. The number of thioether (sulfide) groups is 1. The summed E-state index contributed by atoms with van der Waals surface area (Å²) in [5.74, 6) is -1.33. The van der Waals surface area contributed by atoms with E-state index in [-0.39, 0.29) is 29.0 Å². The molecule has 9 heteroatoms. The maximum atomic E-state index is 13.0. The summed E-state index contributed by atoms with van der Waals surface area (Å²) in [5, 5.41) is 10.8. The molecule has 0 saturated carbocycles. The molecular formula is C23H23F3N2O2S2. The Morgan fingerprint density at radius 3 is 2.69 bits per heavy atom. The number of aryl methyl sites for hydroxylation is 1. The van der Waals surface area contributed by atoms with Crippen LogP contribution < -0.4 is 0 Å². The second-order valence-electron chi connectivity index (χ2n) is 8.50. The predicted molar refractivity (Wildman–Crippen MR) is 122 cm³/mol. The van der Waals surface area contributed by atoms with E-state index in [2.05, 4.69) is 11.9 Å². The van der Waals surface area contributed by atoms with Crippen LogP contribution in [0.4, 0.5) is 13.2 Å². The maximum Gasteiger partial charge on any atom is 0.416 e. The van der Waals surface area contributed by atoms with E-state index in [9.17, 15) is 18.0 Å². The molecule has 1 aliphatic heterocycles. The van der Waals surface area contributed by atoms with Crippen LogP contribution in [0.3, 0.4) is 0 Å². The first-order valence-electron chi connectivity index (χ1n) is 10.3. The molecule has 170 valence electrons. The first-order chi connectivity index (χ1) is 14.9. The van der Waals surface area contributed by atoms with Crippen LogP contribution in [0.25, 0.3) is 0 Å². The van der Waals surface area contributed by atoms with Crippen molar-refractivity contribution in [2.45, 2.75) is 56.5 Å². The number of carboxylic acid groups (broad SMARTS) is 1. The van der Waals surface area contributed by atoms with Gasteiger partial charge in [0, 0.05) is 17.2 Å². The lowest BCUT2D eigenvalue weighted by molar-refractivity contribution is -0.136. The Hall–Kier alpha value is -2.13. The van der Waals surface area contributed by atoms with Gasteiger partial charge >= 0.3 is 12.1 Å². The van der Waals surface area contributed by atoms with Crippen molar-refractivity contribution >= 4 is 34.1 Å². The Balaban J connectivity index is 1.48. The summed E-state index contributed by atoms with van der Waals surface area (Å²) in [6, 6.07) is -0.0417. The Kier molecular flexibility index (Phi) is 6.00. The van der Waals surface area contributed by atoms with Crippen molar-refractivity contribution < 1.29 is 23.1 Å². The molecule has 4 unspecified atom stereocenters. The second kappa shape index (κ2) is 8.33. The Morgan fingerprint density at radius 2 is 2.03 bits per heavy atom. The molecule has 2 heterocycles. The molecule has 2 aliphatic carbocycles. The highest BCUT2D eigenvalue weighted by Gasteiger charge is 2.41. The first-order valence-corrected chi connectivity index (χ1v) is 11.9. The van der Waals surface area contributed by atoms with Crippen molar-refractivity contribution in [3.63, 3.8) is 0 Å². The molecule has 0 spiro atoms. The highest BCUT2D eigenvalue weighted by molar-refractivity contribution is 8.15. The van der Waals surface area contributed by atoms with E-state index in [0.717, 1.165) is 32.3 Å². The molecule has 0 aromatic carbocycles. The van der Waals surface area contributed by atoms with Crippen LogP contribution in [0, 0.1) is 12.8 Å². The van der Waals surface area contributed by atoms with Crippen molar-refractivity contribution in [1.29, 1.82) is 0 Å². The van der Waals surface area contributed by atoms with Crippen molar-refractivity contribution in [2.24, 2.45) is 10.9 Å². The number of aliphatic imine (C=N–C) groups is 1. The van der Waals surface area contributed by atoms with Crippen LogP contribution in [-0.4, -0.2) is 38.1 Å². The summed E-state index contributed by atoms with van der Waals surface area (Å²) in [5.41, 5.74) is 1.05. The standard InChI is InChI=1S/C23H23F3N2O2S2/c1-12-8-15(23(24,25)26)5-6-16(12)21-27-13(2)17(31-21)10-19-28-18-7-4-14(9-20(29)30)11-22(18,3)32-19/h4-8,11-12,16,18H,9-10H2,1-3H3,(H,29,30). The second-order valence-corrected chi connectivity index (χ2v) is 11.2. The molecule has 0 saturated heterocycles. The number of allylic oxidation sites excluding steroid dienone is 5. The summed E-state index contributed by atoms with van der Waals surface area (Å²) >= 11 is 3.17. The molecule has 3 aliphatic rings. The molecule has 4 atom stereocenters. The number of aliphatic carboxylic acids is 1.